The number of nitrogens with zero attached hydrogens (tertiary/aromatic N) is 2. The van der Waals surface area contributed by atoms with E-state index in [0.717, 1.165) is 12.8 Å². The fourth-order valence-electron chi connectivity index (χ4n) is 6.39. The molecule has 14 heteroatoms. The van der Waals surface area contributed by atoms with Crippen LogP contribution in [0.3, 0.4) is 0 Å². The van der Waals surface area contributed by atoms with Crippen molar-refractivity contribution >= 4 is 24.9 Å². The van der Waals surface area contributed by atoms with Crippen molar-refractivity contribution in [3.8, 4) is 0 Å². The zero-order valence-corrected chi connectivity index (χ0v) is 23.2. The Morgan fingerprint density at radius 2 is 1.95 bits per heavy atom. The number of aliphatic imine (C=N–C) groups is 1. The first-order valence-electron chi connectivity index (χ1n) is 13.6. The van der Waals surface area contributed by atoms with E-state index in [-0.39, 0.29) is 61.1 Å². The molecule has 4 fully saturated rings. The highest BCUT2D eigenvalue weighted by Gasteiger charge is 2.68. The van der Waals surface area contributed by atoms with E-state index in [4.69, 9.17) is 20.8 Å². The second kappa shape index (κ2) is 12.2. The number of hydrogen-bond donors (Lipinski definition) is 5. The van der Waals surface area contributed by atoms with Crippen LogP contribution in [0, 0.1) is 33.3 Å². The number of nitrogens with one attached hydrogen (secondary N) is 3. The Kier molecular flexibility index (Phi) is 9.64. The molecule has 3 aliphatic carbocycles. The molecule has 0 unspecified atom stereocenters. The van der Waals surface area contributed by atoms with Crippen LogP contribution in [0.4, 0.5) is 0 Å². The van der Waals surface area contributed by atoms with E-state index >= 15 is 0 Å². The second-order valence-corrected chi connectivity index (χ2v) is 12.0. The lowest BCUT2D eigenvalue weighted by atomic mass is 9.43. The van der Waals surface area contributed by atoms with Crippen molar-refractivity contribution in [1.29, 1.82) is 0 Å². The van der Waals surface area contributed by atoms with Gasteiger partial charge in [-0.05, 0) is 62.2 Å². The van der Waals surface area contributed by atoms with Crippen LogP contribution in [-0.2, 0) is 18.9 Å². The zero-order chi connectivity index (χ0) is 28.3. The summed E-state index contributed by atoms with van der Waals surface area (Å²) in [5, 5.41) is 15.5. The maximum atomic E-state index is 13.4. The maximum absolute atomic E-state index is 13.4. The first kappa shape index (κ1) is 30.1. The van der Waals surface area contributed by atoms with E-state index < -0.39 is 29.7 Å². The van der Waals surface area contributed by atoms with Crippen molar-refractivity contribution < 1.29 is 23.9 Å². The summed E-state index contributed by atoms with van der Waals surface area (Å²) in [7, 11) is -0.579. The van der Waals surface area contributed by atoms with Gasteiger partial charge in [-0.1, -0.05) is 33.1 Å². The van der Waals surface area contributed by atoms with E-state index in [1.807, 2.05) is 0 Å². The average Bonchev–Trinajstić information content (AvgIpc) is 3.17. The van der Waals surface area contributed by atoms with Gasteiger partial charge in [-0.15, -0.1) is 0 Å². The smallest absolute Gasteiger partial charge is 0.404 e. The number of hydrogen-bond acceptors (Lipinski definition) is 8. The fourth-order valence-corrected chi connectivity index (χ4v) is 6.39. The minimum Gasteiger partial charge on any atom is -0.404 e. The summed E-state index contributed by atoms with van der Waals surface area (Å²) in [5.74, 6) is -0.113. The Balaban J connectivity index is 1.67. The summed E-state index contributed by atoms with van der Waals surface area (Å²) < 4.78 is 13.1. The van der Waals surface area contributed by atoms with Gasteiger partial charge in [0.2, 0.25) is 11.8 Å². The molecule has 0 aromatic carbocycles. The molecule has 1 saturated heterocycles. The summed E-state index contributed by atoms with van der Waals surface area (Å²) >= 11 is 0. The van der Waals surface area contributed by atoms with Gasteiger partial charge in [0.15, 0.2) is 5.03 Å². The SMILES string of the molecule is CC(C)C[C@H](NC(=O)[C@H](CCCN=C(N)N[N+](=O)[O-])NC(=O)CCN)B1O[C@@H]2C[C@H]3C[C@H](C3(C)C)[C@]2(C)O1. The van der Waals surface area contributed by atoms with Crippen LogP contribution in [0.2, 0.25) is 0 Å². The monoisotopic (exact) mass is 537 g/mol. The standard InChI is InChI=1S/C24H44BN7O6/c1-14(2)11-19(25-37-18-13-15-12-17(23(15,3)4)24(18,5)38-25)30-21(34)16(29-20(33)8-9-26)7-6-10-28-22(27)31-32(35)36/h14-19H,6-13,26H2,1-5H3,(H,29,33)(H,30,34)(H3,27,28,31)/t15-,16+,17-,18-,19+,24+/m1/s1. The summed E-state index contributed by atoms with van der Waals surface area (Å²) in [6.07, 6.45) is 3.44. The second-order valence-electron chi connectivity index (χ2n) is 12.0. The van der Waals surface area contributed by atoms with Crippen LogP contribution in [-0.4, -0.2) is 66.7 Å². The van der Waals surface area contributed by atoms with Crippen LogP contribution in [0.1, 0.15) is 73.1 Å². The van der Waals surface area contributed by atoms with Gasteiger partial charge < -0.3 is 31.4 Å². The normalized spacial score (nSPS) is 29.2. The van der Waals surface area contributed by atoms with Gasteiger partial charge in [-0.2, -0.15) is 0 Å². The summed E-state index contributed by atoms with van der Waals surface area (Å²) in [6.45, 7) is 11.2. The lowest BCUT2D eigenvalue weighted by Gasteiger charge is -2.64. The third-order valence-corrected chi connectivity index (χ3v) is 8.51. The molecule has 0 radical (unpaired) electrons. The molecule has 13 nitrogen and oxygen atoms in total. The predicted octanol–water partition coefficient (Wildman–Crippen LogP) is 0.495. The van der Waals surface area contributed by atoms with E-state index in [1.54, 1.807) is 5.43 Å². The Morgan fingerprint density at radius 1 is 1.24 bits per heavy atom. The van der Waals surface area contributed by atoms with Gasteiger partial charge in [-0.25, -0.2) is 15.1 Å². The van der Waals surface area contributed by atoms with Crippen molar-refractivity contribution in [3.63, 3.8) is 0 Å². The number of nitro groups is 1. The summed E-state index contributed by atoms with van der Waals surface area (Å²) in [6, 6.07) is -0.838. The molecule has 2 bridgehead atoms. The number of carbonyl (C=O) groups excluding carboxylic acids is 2. The number of carbonyl (C=O) groups is 2. The fraction of sp³-hybridized carbons (Fsp3) is 0.875. The number of nitrogens with two attached hydrogens (primary N) is 2. The van der Waals surface area contributed by atoms with Gasteiger partial charge >= 0.3 is 7.12 Å². The molecule has 0 aromatic heterocycles. The molecule has 1 heterocycles. The molecule has 38 heavy (non-hydrogen) atoms. The van der Waals surface area contributed by atoms with Gasteiger partial charge in [-0.3, -0.25) is 9.59 Å². The molecule has 214 valence electrons. The third-order valence-electron chi connectivity index (χ3n) is 8.51. The Morgan fingerprint density at radius 3 is 2.55 bits per heavy atom. The van der Waals surface area contributed by atoms with Crippen LogP contribution in [0.15, 0.2) is 4.99 Å². The molecule has 4 rings (SSSR count). The zero-order valence-electron chi connectivity index (χ0n) is 23.2. The Bertz CT molecular complexity index is 919. The van der Waals surface area contributed by atoms with Crippen molar-refractivity contribution in [2.24, 2.45) is 39.6 Å². The molecule has 0 aromatic rings. The number of rotatable bonds is 13. The van der Waals surface area contributed by atoms with Gasteiger partial charge in [0.1, 0.15) is 6.04 Å². The topological polar surface area (TPSA) is 196 Å². The molecule has 6 atom stereocenters. The summed E-state index contributed by atoms with van der Waals surface area (Å²) in [5.41, 5.74) is 12.5. The maximum Gasteiger partial charge on any atom is 0.481 e. The van der Waals surface area contributed by atoms with Crippen molar-refractivity contribution in [3.05, 3.63) is 10.1 Å². The van der Waals surface area contributed by atoms with Gasteiger partial charge in [0, 0.05) is 19.5 Å². The molecule has 2 amide bonds. The Labute approximate surface area is 224 Å². The molecule has 7 N–H and O–H groups in total. The highest BCUT2D eigenvalue weighted by molar-refractivity contribution is 6.47. The minimum atomic E-state index is -0.838. The first-order valence-corrected chi connectivity index (χ1v) is 13.6. The number of amides is 2. The Hall–Kier alpha value is -2.45. The van der Waals surface area contributed by atoms with Gasteiger partial charge in [0.25, 0.3) is 5.96 Å². The first-order chi connectivity index (χ1) is 17.8. The van der Waals surface area contributed by atoms with Crippen molar-refractivity contribution in [1.82, 2.24) is 16.1 Å². The molecular formula is C24H44BN7O6. The van der Waals surface area contributed by atoms with Crippen molar-refractivity contribution in [2.45, 2.75) is 96.8 Å². The highest BCUT2D eigenvalue weighted by Crippen LogP contribution is 2.65. The van der Waals surface area contributed by atoms with Crippen LogP contribution in [0.5, 0.6) is 0 Å². The predicted molar refractivity (Wildman–Crippen MR) is 143 cm³/mol. The van der Waals surface area contributed by atoms with Gasteiger partial charge in [0.05, 0.1) is 17.6 Å². The van der Waals surface area contributed by atoms with Crippen LogP contribution in [0.25, 0.3) is 0 Å². The lowest BCUT2D eigenvalue weighted by molar-refractivity contribution is -0.525. The molecular weight excluding hydrogens is 493 g/mol. The van der Waals surface area contributed by atoms with E-state index in [2.05, 4.69) is 50.2 Å². The van der Waals surface area contributed by atoms with Crippen LogP contribution >= 0.6 is 0 Å². The molecule has 4 aliphatic rings. The number of guanidine groups is 1. The number of hydrazine groups is 1. The highest BCUT2D eigenvalue weighted by atomic mass is 16.7. The van der Waals surface area contributed by atoms with Crippen LogP contribution < -0.4 is 27.5 Å². The average molecular weight is 537 g/mol. The van der Waals surface area contributed by atoms with E-state index in [9.17, 15) is 19.7 Å². The lowest BCUT2D eigenvalue weighted by Crippen LogP contribution is -2.65. The largest absolute Gasteiger partial charge is 0.481 e. The summed E-state index contributed by atoms with van der Waals surface area (Å²) in [4.78, 5) is 40.1. The minimum absolute atomic E-state index is 0.00742. The molecule has 3 saturated carbocycles. The van der Waals surface area contributed by atoms with E-state index in [0.29, 0.717) is 24.7 Å². The molecule has 1 aliphatic heterocycles. The van der Waals surface area contributed by atoms with E-state index in [1.165, 1.54) is 0 Å². The quantitative estimate of drug-likeness (QED) is 0.0555. The van der Waals surface area contributed by atoms with Crippen molar-refractivity contribution in [2.75, 3.05) is 13.1 Å². The molecule has 0 spiro atoms. The third kappa shape index (κ3) is 6.76.